The monoisotopic (exact) mass is 463 g/mol. The van der Waals surface area contributed by atoms with E-state index in [1.807, 2.05) is 42.5 Å². The molecule has 0 spiro atoms. The van der Waals surface area contributed by atoms with Crippen LogP contribution >= 0.6 is 0 Å². The Balaban J connectivity index is 1.54. The van der Waals surface area contributed by atoms with Crippen LogP contribution in [-0.2, 0) is 4.74 Å². The van der Waals surface area contributed by atoms with Crippen LogP contribution in [0.15, 0.2) is 30.6 Å². The van der Waals surface area contributed by atoms with Crippen LogP contribution in [0.25, 0.3) is 22.3 Å². The maximum atomic E-state index is 12.9. The average Bonchev–Trinajstić information content (AvgIpc) is 3.50. The summed E-state index contributed by atoms with van der Waals surface area (Å²) in [4.78, 5) is 35.4. The standard InChI is InChI=1S/C24H29N7O3/c1-24(2,3)34-23(33)30-11-13-9-16(30)17(10-13)31-21-18(20(25)27-12-28-21)19(29-31)14-5-7-15(8-6-14)22(32)26-4/h5-8,12-13,16-17H,9-11H2,1-4H3,(H,26,32)(H2,25,27,28)/t13-,16?,17?/m1/s1. The molecule has 1 aliphatic carbocycles. The third-order valence-corrected chi connectivity index (χ3v) is 6.56. The summed E-state index contributed by atoms with van der Waals surface area (Å²) >= 11 is 0. The summed E-state index contributed by atoms with van der Waals surface area (Å²) in [6.45, 7) is 6.32. The SMILES string of the molecule is CNC(=O)c1ccc(-c2nn(C3C[C@H]4CC3N(C(=O)OC(C)(C)C)C4)c3ncnc(N)c23)cc1. The Morgan fingerprint density at radius 1 is 1.12 bits per heavy atom. The molecule has 10 heteroatoms. The molecule has 5 rings (SSSR count). The van der Waals surface area contributed by atoms with Crippen molar-refractivity contribution in [2.45, 2.75) is 51.3 Å². The maximum Gasteiger partial charge on any atom is 0.410 e. The van der Waals surface area contributed by atoms with E-state index < -0.39 is 5.60 Å². The molecule has 1 saturated carbocycles. The van der Waals surface area contributed by atoms with E-state index in [2.05, 4.69) is 15.3 Å². The Labute approximate surface area is 197 Å². The fourth-order valence-corrected chi connectivity index (χ4v) is 5.14. The fourth-order valence-electron chi connectivity index (χ4n) is 5.14. The van der Waals surface area contributed by atoms with E-state index in [1.165, 1.54) is 6.33 Å². The molecule has 1 saturated heterocycles. The zero-order valence-corrected chi connectivity index (χ0v) is 19.8. The summed E-state index contributed by atoms with van der Waals surface area (Å²) in [5, 5.41) is 8.23. The number of fused-ring (bicyclic) bond motifs is 3. The van der Waals surface area contributed by atoms with Crippen LogP contribution in [0.4, 0.5) is 10.6 Å². The summed E-state index contributed by atoms with van der Waals surface area (Å²) in [5.74, 6) is 0.569. The molecule has 3 N–H and O–H groups in total. The van der Waals surface area contributed by atoms with Crippen molar-refractivity contribution in [1.82, 2.24) is 30.0 Å². The van der Waals surface area contributed by atoms with Gasteiger partial charge in [0.25, 0.3) is 5.91 Å². The van der Waals surface area contributed by atoms with Crippen LogP contribution in [-0.4, -0.2) is 61.9 Å². The molecule has 34 heavy (non-hydrogen) atoms. The number of nitrogens with zero attached hydrogens (tertiary/aromatic N) is 5. The van der Waals surface area contributed by atoms with Gasteiger partial charge in [-0.25, -0.2) is 19.4 Å². The minimum atomic E-state index is -0.553. The lowest BCUT2D eigenvalue weighted by molar-refractivity contribution is 0.0135. The summed E-state index contributed by atoms with van der Waals surface area (Å²) in [5.41, 5.74) is 8.38. The summed E-state index contributed by atoms with van der Waals surface area (Å²) < 4.78 is 7.56. The number of benzene rings is 1. The van der Waals surface area contributed by atoms with E-state index >= 15 is 0 Å². The molecule has 2 unspecified atom stereocenters. The van der Waals surface area contributed by atoms with E-state index in [1.54, 1.807) is 19.2 Å². The molecule has 0 radical (unpaired) electrons. The highest BCUT2D eigenvalue weighted by molar-refractivity contribution is 5.99. The Kier molecular flexibility index (Phi) is 5.18. The number of nitrogen functional groups attached to an aromatic ring is 1. The van der Waals surface area contributed by atoms with Crippen LogP contribution in [0.1, 0.15) is 50.0 Å². The number of aromatic nitrogens is 4. The van der Waals surface area contributed by atoms with Gasteiger partial charge in [-0.3, -0.25) is 4.79 Å². The van der Waals surface area contributed by atoms with Crippen LogP contribution in [0, 0.1) is 5.92 Å². The predicted molar refractivity (Wildman–Crippen MR) is 127 cm³/mol. The molecule has 3 aromatic rings. The van der Waals surface area contributed by atoms with Gasteiger partial charge >= 0.3 is 6.09 Å². The average molecular weight is 464 g/mol. The third-order valence-electron chi connectivity index (χ3n) is 6.56. The second-order valence-electron chi connectivity index (χ2n) is 10.0. The number of likely N-dealkylation sites (tertiary alicyclic amines) is 1. The number of nitrogens with two attached hydrogens (primary N) is 1. The van der Waals surface area contributed by atoms with Crippen LogP contribution < -0.4 is 11.1 Å². The Bertz CT molecular complexity index is 1260. The summed E-state index contributed by atoms with van der Waals surface area (Å²) in [6, 6.07) is 7.12. The minimum Gasteiger partial charge on any atom is -0.444 e. The number of hydrogen-bond acceptors (Lipinski definition) is 7. The highest BCUT2D eigenvalue weighted by Gasteiger charge is 2.49. The van der Waals surface area contributed by atoms with Crippen molar-refractivity contribution in [1.29, 1.82) is 0 Å². The first-order valence-electron chi connectivity index (χ1n) is 11.5. The second kappa shape index (κ2) is 7.96. The largest absolute Gasteiger partial charge is 0.444 e. The van der Waals surface area contributed by atoms with Gasteiger partial charge in [-0.1, -0.05) is 12.1 Å². The maximum absolute atomic E-state index is 12.9. The Morgan fingerprint density at radius 3 is 2.47 bits per heavy atom. The van der Waals surface area contributed by atoms with Crippen LogP contribution in [0.3, 0.4) is 0 Å². The number of nitrogens with one attached hydrogen (secondary N) is 1. The normalized spacial score (nSPS) is 21.8. The molecular weight excluding hydrogens is 434 g/mol. The molecule has 3 atom stereocenters. The van der Waals surface area contributed by atoms with Crippen molar-refractivity contribution in [3.8, 4) is 11.3 Å². The number of ether oxygens (including phenoxy) is 1. The van der Waals surface area contributed by atoms with Crippen molar-refractivity contribution in [3.63, 3.8) is 0 Å². The topological polar surface area (TPSA) is 128 Å². The third kappa shape index (κ3) is 3.72. The van der Waals surface area contributed by atoms with Crippen molar-refractivity contribution in [2.24, 2.45) is 5.92 Å². The zero-order chi connectivity index (χ0) is 24.2. The quantitative estimate of drug-likeness (QED) is 0.611. The predicted octanol–water partition coefficient (Wildman–Crippen LogP) is 3.01. The Morgan fingerprint density at radius 2 is 1.82 bits per heavy atom. The molecule has 2 aromatic heterocycles. The first-order valence-corrected chi connectivity index (χ1v) is 11.5. The van der Waals surface area contributed by atoms with Gasteiger partial charge in [0.2, 0.25) is 0 Å². The number of hydrogen-bond donors (Lipinski definition) is 2. The molecule has 2 aliphatic rings. The number of carbonyl (C=O) groups excluding carboxylic acids is 2. The molecule has 2 fully saturated rings. The van der Waals surface area contributed by atoms with Gasteiger partial charge in [-0.2, -0.15) is 5.10 Å². The van der Waals surface area contributed by atoms with Gasteiger partial charge in [-0.05, 0) is 51.7 Å². The van der Waals surface area contributed by atoms with E-state index in [-0.39, 0.29) is 24.1 Å². The number of rotatable bonds is 3. The molecular formula is C24H29N7O3. The van der Waals surface area contributed by atoms with Gasteiger partial charge in [0, 0.05) is 24.7 Å². The Hall–Kier alpha value is -3.69. The van der Waals surface area contributed by atoms with E-state index in [9.17, 15) is 9.59 Å². The zero-order valence-electron chi connectivity index (χ0n) is 19.8. The van der Waals surface area contributed by atoms with E-state index in [4.69, 9.17) is 15.6 Å². The fraction of sp³-hybridized carbons (Fsp3) is 0.458. The number of anilines is 1. The molecule has 2 bridgehead atoms. The van der Waals surface area contributed by atoms with Gasteiger partial charge in [-0.15, -0.1) is 0 Å². The first kappa shape index (κ1) is 22.1. The van der Waals surface area contributed by atoms with Crippen LogP contribution in [0.2, 0.25) is 0 Å². The van der Waals surface area contributed by atoms with Crippen molar-refractivity contribution in [3.05, 3.63) is 36.2 Å². The highest BCUT2D eigenvalue weighted by atomic mass is 16.6. The van der Waals surface area contributed by atoms with Gasteiger partial charge < -0.3 is 20.7 Å². The van der Waals surface area contributed by atoms with Crippen molar-refractivity contribution in [2.75, 3.05) is 19.3 Å². The molecule has 1 aliphatic heterocycles. The highest BCUT2D eigenvalue weighted by Crippen LogP contribution is 2.46. The lowest BCUT2D eigenvalue weighted by Gasteiger charge is -2.34. The minimum absolute atomic E-state index is 0.0254. The van der Waals surface area contributed by atoms with Crippen molar-refractivity contribution >= 4 is 28.9 Å². The lowest BCUT2D eigenvalue weighted by atomic mass is 10.1. The van der Waals surface area contributed by atoms with Gasteiger partial charge in [0.15, 0.2) is 5.65 Å². The molecule has 1 aromatic carbocycles. The smallest absolute Gasteiger partial charge is 0.410 e. The number of piperidine rings is 1. The molecule has 3 heterocycles. The molecule has 2 amide bonds. The van der Waals surface area contributed by atoms with Crippen LogP contribution in [0.5, 0.6) is 0 Å². The number of carbonyl (C=O) groups is 2. The summed E-state index contributed by atoms with van der Waals surface area (Å²) in [7, 11) is 1.60. The number of amides is 2. The summed E-state index contributed by atoms with van der Waals surface area (Å²) in [6.07, 6.45) is 2.95. The molecule has 178 valence electrons. The van der Waals surface area contributed by atoms with E-state index in [0.717, 1.165) is 18.4 Å². The van der Waals surface area contributed by atoms with Gasteiger partial charge in [0.05, 0.1) is 17.5 Å². The lowest BCUT2D eigenvalue weighted by Crippen LogP contribution is -2.45. The van der Waals surface area contributed by atoms with Gasteiger partial charge in [0.1, 0.15) is 23.4 Å². The second-order valence-corrected chi connectivity index (χ2v) is 10.0. The van der Waals surface area contributed by atoms with E-state index in [0.29, 0.717) is 40.6 Å². The molecule has 10 nitrogen and oxygen atoms in total. The first-order chi connectivity index (χ1) is 16.2. The van der Waals surface area contributed by atoms with Crippen molar-refractivity contribution < 1.29 is 14.3 Å².